The van der Waals surface area contributed by atoms with Crippen LogP contribution in [0.1, 0.15) is 25.3 Å². The van der Waals surface area contributed by atoms with Crippen molar-refractivity contribution < 1.29 is 4.79 Å². The molecule has 0 aliphatic carbocycles. The van der Waals surface area contributed by atoms with E-state index >= 15 is 0 Å². The Kier molecular flexibility index (Phi) is 5.97. The number of rotatable bonds is 8. The highest BCUT2D eigenvalue weighted by Gasteiger charge is 2.02. The molecule has 1 heterocycles. The van der Waals surface area contributed by atoms with Gasteiger partial charge in [-0.15, -0.1) is 0 Å². The number of carbonyl (C=O) groups is 1. The zero-order chi connectivity index (χ0) is 14.9. The first-order chi connectivity index (χ1) is 10.3. The van der Waals surface area contributed by atoms with Crippen molar-refractivity contribution in [1.82, 2.24) is 14.9 Å². The zero-order valence-corrected chi connectivity index (χ0v) is 12.4. The van der Waals surface area contributed by atoms with Gasteiger partial charge in [-0.2, -0.15) is 0 Å². The van der Waals surface area contributed by atoms with Gasteiger partial charge in [-0.3, -0.25) is 4.79 Å². The number of hydrogen-bond acceptors (Lipinski definition) is 3. The summed E-state index contributed by atoms with van der Waals surface area (Å²) in [6, 6.07) is 7.88. The van der Waals surface area contributed by atoms with Gasteiger partial charge >= 0.3 is 0 Å². The fraction of sp³-hybridized carbons (Fsp3) is 0.375. The van der Waals surface area contributed by atoms with Gasteiger partial charge in [0, 0.05) is 38.1 Å². The highest BCUT2D eigenvalue weighted by Crippen LogP contribution is 2.14. The molecule has 1 amide bonds. The van der Waals surface area contributed by atoms with E-state index in [4.69, 9.17) is 0 Å². The number of amides is 1. The number of imidazole rings is 1. The molecule has 2 aromatic rings. The van der Waals surface area contributed by atoms with E-state index in [0.29, 0.717) is 0 Å². The number of carbonyl (C=O) groups excluding carboxylic acids is 1. The van der Waals surface area contributed by atoms with Crippen molar-refractivity contribution in [2.45, 2.75) is 32.9 Å². The number of unbranched alkanes of at least 4 members (excludes halogenated alkanes) is 1. The Morgan fingerprint density at radius 3 is 2.90 bits per heavy atom. The van der Waals surface area contributed by atoms with E-state index in [1.54, 1.807) is 6.20 Å². The molecule has 0 aliphatic heterocycles. The molecule has 21 heavy (non-hydrogen) atoms. The number of benzene rings is 1. The van der Waals surface area contributed by atoms with Crippen molar-refractivity contribution in [3.63, 3.8) is 0 Å². The van der Waals surface area contributed by atoms with Crippen LogP contribution < -0.4 is 10.6 Å². The summed E-state index contributed by atoms with van der Waals surface area (Å²) in [5, 5.41) is 6.27. The van der Waals surface area contributed by atoms with E-state index in [0.717, 1.165) is 43.7 Å². The van der Waals surface area contributed by atoms with Crippen LogP contribution in [0.5, 0.6) is 0 Å². The maximum atomic E-state index is 11.2. The lowest BCUT2D eigenvalue weighted by molar-refractivity contribution is -0.114. The monoisotopic (exact) mass is 286 g/mol. The first-order valence-corrected chi connectivity index (χ1v) is 7.27. The van der Waals surface area contributed by atoms with Gasteiger partial charge in [0.1, 0.15) is 0 Å². The topological polar surface area (TPSA) is 59.0 Å². The summed E-state index contributed by atoms with van der Waals surface area (Å²) in [5.41, 5.74) is 2.00. The minimum absolute atomic E-state index is 0.0391. The quantitative estimate of drug-likeness (QED) is 0.733. The average molecular weight is 286 g/mol. The van der Waals surface area contributed by atoms with Crippen molar-refractivity contribution in [3.05, 3.63) is 48.5 Å². The first kappa shape index (κ1) is 15.3. The standard InChI is InChI=1S/C16H22N4O/c1-14(21)19-16-7-3-2-6-15(16)12-17-8-4-5-10-20-11-9-18-13-20/h2-3,6-7,9,11,13,17H,4-5,8,10,12H2,1H3,(H,19,21). The van der Waals surface area contributed by atoms with Crippen LogP contribution in [0.3, 0.4) is 0 Å². The van der Waals surface area contributed by atoms with E-state index in [9.17, 15) is 4.79 Å². The Morgan fingerprint density at radius 2 is 2.14 bits per heavy atom. The molecule has 0 aliphatic rings. The molecule has 0 saturated heterocycles. The molecule has 0 spiro atoms. The van der Waals surface area contributed by atoms with Gasteiger partial charge < -0.3 is 15.2 Å². The third kappa shape index (κ3) is 5.39. The van der Waals surface area contributed by atoms with Gasteiger partial charge in [0.15, 0.2) is 0 Å². The molecule has 0 fully saturated rings. The smallest absolute Gasteiger partial charge is 0.221 e. The Hall–Kier alpha value is -2.14. The van der Waals surface area contributed by atoms with Crippen LogP contribution in [0.2, 0.25) is 0 Å². The van der Waals surface area contributed by atoms with E-state index in [-0.39, 0.29) is 5.91 Å². The Labute approximate surface area is 125 Å². The summed E-state index contributed by atoms with van der Waals surface area (Å²) in [7, 11) is 0. The van der Waals surface area contributed by atoms with Crippen LogP contribution >= 0.6 is 0 Å². The van der Waals surface area contributed by atoms with Crippen LogP contribution in [0.25, 0.3) is 0 Å². The van der Waals surface area contributed by atoms with Gasteiger partial charge in [-0.1, -0.05) is 18.2 Å². The van der Waals surface area contributed by atoms with Gasteiger partial charge in [-0.05, 0) is 31.0 Å². The van der Waals surface area contributed by atoms with Crippen LogP contribution in [0.4, 0.5) is 5.69 Å². The summed E-state index contributed by atoms with van der Waals surface area (Å²) in [6.07, 6.45) is 7.86. The normalized spacial score (nSPS) is 10.5. The minimum Gasteiger partial charge on any atom is -0.337 e. The van der Waals surface area contributed by atoms with Gasteiger partial charge in [-0.25, -0.2) is 4.98 Å². The van der Waals surface area contributed by atoms with Crippen molar-refractivity contribution in [2.75, 3.05) is 11.9 Å². The molecular weight excluding hydrogens is 264 g/mol. The molecule has 5 nitrogen and oxygen atoms in total. The fourth-order valence-corrected chi connectivity index (χ4v) is 2.17. The number of aryl methyl sites for hydroxylation is 1. The van der Waals surface area contributed by atoms with E-state index < -0.39 is 0 Å². The number of aromatic nitrogens is 2. The average Bonchev–Trinajstić information content (AvgIpc) is 2.97. The van der Waals surface area contributed by atoms with Crippen LogP contribution in [0, 0.1) is 0 Å². The highest BCUT2D eigenvalue weighted by molar-refractivity contribution is 5.89. The summed E-state index contributed by atoms with van der Waals surface area (Å²) in [6.45, 7) is 4.26. The number of hydrogen-bond donors (Lipinski definition) is 2. The molecule has 112 valence electrons. The number of para-hydroxylation sites is 1. The van der Waals surface area contributed by atoms with Crippen LogP contribution in [0.15, 0.2) is 43.0 Å². The van der Waals surface area contributed by atoms with E-state index in [1.165, 1.54) is 6.92 Å². The number of anilines is 1. The third-order valence-corrected chi connectivity index (χ3v) is 3.22. The predicted molar refractivity (Wildman–Crippen MR) is 83.9 cm³/mol. The second-order valence-electron chi connectivity index (χ2n) is 5.02. The van der Waals surface area contributed by atoms with Crippen molar-refractivity contribution in [3.8, 4) is 0 Å². The summed E-state index contributed by atoms with van der Waals surface area (Å²) in [4.78, 5) is 15.2. The molecule has 0 unspecified atom stereocenters. The molecule has 2 N–H and O–H groups in total. The minimum atomic E-state index is -0.0391. The third-order valence-electron chi connectivity index (χ3n) is 3.22. The SMILES string of the molecule is CC(=O)Nc1ccccc1CNCCCCn1ccnc1. The zero-order valence-electron chi connectivity index (χ0n) is 12.4. The lowest BCUT2D eigenvalue weighted by Gasteiger charge is -2.11. The Bertz CT molecular complexity index is 551. The van der Waals surface area contributed by atoms with E-state index in [1.807, 2.05) is 36.8 Å². The Morgan fingerprint density at radius 1 is 1.29 bits per heavy atom. The van der Waals surface area contributed by atoms with Crippen LogP contribution in [-0.4, -0.2) is 22.0 Å². The predicted octanol–water partition coefficient (Wildman–Crippen LogP) is 2.41. The molecular formula is C16H22N4O. The molecule has 2 rings (SSSR count). The molecule has 1 aromatic carbocycles. The fourth-order valence-electron chi connectivity index (χ4n) is 2.17. The Balaban J connectivity index is 1.67. The summed E-state index contributed by atoms with van der Waals surface area (Å²) in [5.74, 6) is -0.0391. The molecule has 1 aromatic heterocycles. The number of nitrogens with one attached hydrogen (secondary N) is 2. The summed E-state index contributed by atoms with van der Waals surface area (Å²) >= 11 is 0. The highest BCUT2D eigenvalue weighted by atomic mass is 16.1. The maximum Gasteiger partial charge on any atom is 0.221 e. The van der Waals surface area contributed by atoms with Gasteiger partial charge in [0.25, 0.3) is 0 Å². The van der Waals surface area contributed by atoms with Crippen molar-refractivity contribution >= 4 is 11.6 Å². The second-order valence-corrected chi connectivity index (χ2v) is 5.02. The summed E-state index contributed by atoms with van der Waals surface area (Å²) < 4.78 is 2.09. The molecule has 0 bridgehead atoms. The van der Waals surface area contributed by atoms with Crippen molar-refractivity contribution in [1.29, 1.82) is 0 Å². The number of nitrogens with zero attached hydrogens (tertiary/aromatic N) is 2. The molecule has 0 saturated carbocycles. The lowest BCUT2D eigenvalue weighted by atomic mass is 10.1. The van der Waals surface area contributed by atoms with E-state index in [2.05, 4.69) is 20.2 Å². The van der Waals surface area contributed by atoms with Crippen LogP contribution in [-0.2, 0) is 17.9 Å². The first-order valence-electron chi connectivity index (χ1n) is 7.27. The second kappa shape index (κ2) is 8.21. The van der Waals surface area contributed by atoms with Gasteiger partial charge in [0.2, 0.25) is 5.91 Å². The maximum absolute atomic E-state index is 11.2. The lowest BCUT2D eigenvalue weighted by Crippen LogP contribution is -2.17. The largest absolute Gasteiger partial charge is 0.337 e. The molecule has 5 heteroatoms. The molecule has 0 atom stereocenters. The van der Waals surface area contributed by atoms with Gasteiger partial charge in [0.05, 0.1) is 6.33 Å². The van der Waals surface area contributed by atoms with Crippen molar-refractivity contribution in [2.24, 2.45) is 0 Å². The molecule has 0 radical (unpaired) electrons.